The Kier molecular flexibility index (Phi) is 2.63. The maximum atomic E-state index is 13.4. The number of anilines is 1. The lowest BCUT2D eigenvalue weighted by molar-refractivity contribution is -0.115. The number of hydrogen-bond donors (Lipinski definition) is 1. The molecule has 0 unspecified atom stereocenters. The Balaban J connectivity index is 2.42. The minimum atomic E-state index is -3.72. The molecule has 16 heavy (non-hydrogen) atoms. The molecule has 2 rings (SSSR count). The van der Waals surface area contributed by atoms with Crippen LogP contribution in [0.1, 0.15) is 11.1 Å². The van der Waals surface area contributed by atoms with Crippen LogP contribution in [0.15, 0.2) is 12.1 Å². The number of rotatable bonds is 2. The maximum Gasteiger partial charge on any atom is 0.236 e. The molecule has 0 spiro atoms. The molecule has 0 saturated carbocycles. The van der Waals surface area contributed by atoms with Crippen molar-refractivity contribution < 1.29 is 17.6 Å². The van der Waals surface area contributed by atoms with Crippen molar-refractivity contribution in [1.29, 1.82) is 0 Å². The number of benzene rings is 1. The molecule has 1 heterocycles. The van der Waals surface area contributed by atoms with Gasteiger partial charge in [0.2, 0.25) is 15.0 Å². The van der Waals surface area contributed by atoms with Crippen molar-refractivity contribution in [2.24, 2.45) is 0 Å². The van der Waals surface area contributed by atoms with Gasteiger partial charge in [0.15, 0.2) is 0 Å². The first-order valence-corrected chi connectivity index (χ1v) is 6.86. The summed E-state index contributed by atoms with van der Waals surface area (Å²) in [6.45, 7) is 0. The van der Waals surface area contributed by atoms with Gasteiger partial charge in [0, 0.05) is 10.7 Å². The van der Waals surface area contributed by atoms with Crippen LogP contribution in [0.25, 0.3) is 0 Å². The van der Waals surface area contributed by atoms with Gasteiger partial charge in [0.05, 0.1) is 17.9 Å². The van der Waals surface area contributed by atoms with E-state index in [0.717, 1.165) is 6.07 Å². The molecule has 0 atom stereocenters. The Morgan fingerprint density at radius 1 is 1.44 bits per heavy atom. The van der Waals surface area contributed by atoms with Crippen molar-refractivity contribution in [2.75, 3.05) is 5.32 Å². The molecule has 0 aliphatic carbocycles. The molecule has 0 fully saturated rings. The highest BCUT2D eigenvalue weighted by molar-refractivity contribution is 8.13. The summed E-state index contributed by atoms with van der Waals surface area (Å²) in [6.07, 6.45) is 0.0580. The fraction of sp³-hybridized carbons (Fsp3) is 0.222. The zero-order valence-electron chi connectivity index (χ0n) is 7.96. The molecule has 1 aliphatic rings. The first kappa shape index (κ1) is 11.3. The predicted octanol–water partition coefficient (Wildman–Crippen LogP) is 1.39. The minimum absolute atomic E-state index is 0.0580. The monoisotopic (exact) mass is 263 g/mol. The Bertz CT molecular complexity index is 570. The second kappa shape index (κ2) is 3.71. The SMILES string of the molecule is O=C1Cc2cc(CS(=O)(=O)Cl)cc(F)c2N1. The van der Waals surface area contributed by atoms with Crippen LogP contribution in [-0.2, 0) is 26.0 Å². The molecule has 86 valence electrons. The quantitative estimate of drug-likeness (QED) is 0.820. The van der Waals surface area contributed by atoms with Gasteiger partial charge in [-0.3, -0.25) is 4.79 Å². The number of carbonyl (C=O) groups excluding carboxylic acids is 1. The summed E-state index contributed by atoms with van der Waals surface area (Å²) in [5.74, 6) is -1.40. The van der Waals surface area contributed by atoms with E-state index in [-0.39, 0.29) is 23.6 Å². The normalized spacial score (nSPS) is 14.8. The van der Waals surface area contributed by atoms with Crippen molar-refractivity contribution >= 4 is 31.3 Å². The van der Waals surface area contributed by atoms with Gasteiger partial charge >= 0.3 is 0 Å². The molecular formula is C9H7ClFNO3S. The number of nitrogens with one attached hydrogen (secondary N) is 1. The summed E-state index contributed by atoms with van der Waals surface area (Å²) in [5.41, 5.74) is 0.823. The lowest BCUT2D eigenvalue weighted by atomic mass is 10.1. The highest BCUT2D eigenvalue weighted by atomic mass is 35.7. The first-order chi connectivity index (χ1) is 7.35. The van der Waals surface area contributed by atoms with E-state index in [0.29, 0.717) is 5.56 Å². The van der Waals surface area contributed by atoms with Crippen LogP contribution in [0.5, 0.6) is 0 Å². The van der Waals surface area contributed by atoms with E-state index >= 15 is 0 Å². The molecule has 1 aliphatic heterocycles. The average molecular weight is 264 g/mol. The molecule has 7 heteroatoms. The summed E-state index contributed by atoms with van der Waals surface area (Å²) < 4.78 is 35.1. The van der Waals surface area contributed by atoms with Gasteiger partial charge in [-0.2, -0.15) is 0 Å². The second-order valence-corrected chi connectivity index (χ2v) is 6.30. The third kappa shape index (κ3) is 2.33. The lowest BCUT2D eigenvalue weighted by Crippen LogP contribution is -2.04. The second-order valence-electron chi connectivity index (χ2n) is 3.52. The summed E-state index contributed by atoms with van der Waals surface area (Å²) in [4.78, 5) is 11.0. The number of hydrogen-bond acceptors (Lipinski definition) is 3. The number of fused-ring (bicyclic) bond motifs is 1. The molecule has 1 aromatic rings. The van der Waals surface area contributed by atoms with Gasteiger partial charge in [0.1, 0.15) is 5.82 Å². The summed E-state index contributed by atoms with van der Waals surface area (Å²) >= 11 is 0. The van der Waals surface area contributed by atoms with E-state index < -0.39 is 20.6 Å². The van der Waals surface area contributed by atoms with Crippen LogP contribution in [0, 0.1) is 5.82 Å². The van der Waals surface area contributed by atoms with Gasteiger partial charge in [-0.15, -0.1) is 0 Å². The van der Waals surface area contributed by atoms with E-state index in [9.17, 15) is 17.6 Å². The highest BCUT2D eigenvalue weighted by Gasteiger charge is 2.22. The zero-order valence-corrected chi connectivity index (χ0v) is 9.53. The molecule has 0 bridgehead atoms. The third-order valence-corrected chi connectivity index (χ3v) is 3.19. The predicted molar refractivity (Wildman–Crippen MR) is 57.2 cm³/mol. The van der Waals surface area contributed by atoms with Crippen molar-refractivity contribution in [3.8, 4) is 0 Å². The standard InChI is InChI=1S/C9H7ClFNO3S/c10-16(14,15)4-5-1-6-3-8(13)12-9(6)7(11)2-5/h1-2H,3-4H2,(H,12,13). The first-order valence-electron chi connectivity index (χ1n) is 4.38. The third-order valence-electron chi connectivity index (χ3n) is 2.19. The summed E-state index contributed by atoms with van der Waals surface area (Å²) in [6, 6.07) is 2.53. The van der Waals surface area contributed by atoms with Crippen LogP contribution < -0.4 is 5.32 Å². The largest absolute Gasteiger partial charge is 0.323 e. The van der Waals surface area contributed by atoms with Gasteiger partial charge in [-0.25, -0.2) is 12.8 Å². The van der Waals surface area contributed by atoms with E-state index in [2.05, 4.69) is 5.32 Å². The van der Waals surface area contributed by atoms with Gasteiger partial charge < -0.3 is 5.32 Å². The molecule has 1 N–H and O–H groups in total. The smallest absolute Gasteiger partial charge is 0.236 e. The average Bonchev–Trinajstić information content (AvgIpc) is 2.42. The summed E-state index contributed by atoms with van der Waals surface area (Å²) in [5, 5.41) is 2.36. The fourth-order valence-electron chi connectivity index (χ4n) is 1.64. The van der Waals surface area contributed by atoms with Crippen LogP contribution in [-0.4, -0.2) is 14.3 Å². The van der Waals surface area contributed by atoms with Crippen molar-refractivity contribution in [1.82, 2.24) is 0 Å². The van der Waals surface area contributed by atoms with Crippen LogP contribution >= 0.6 is 10.7 Å². The Morgan fingerprint density at radius 3 is 2.75 bits per heavy atom. The van der Waals surface area contributed by atoms with Crippen molar-refractivity contribution in [3.63, 3.8) is 0 Å². The van der Waals surface area contributed by atoms with Crippen LogP contribution in [0.4, 0.5) is 10.1 Å². The van der Waals surface area contributed by atoms with Crippen LogP contribution in [0.2, 0.25) is 0 Å². The summed E-state index contributed by atoms with van der Waals surface area (Å²) in [7, 11) is 1.34. The van der Waals surface area contributed by atoms with Gasteiger partial charge in [-0.05, 0) is 17.2 Å². The minimum Gasteiger partial charge on any atom is -0.323 e. The Hall–Kier alpha value is -1.14. The van der Waals surface area contributed by atoms with Crippen molar-refractivity contribution in [3.05, 3.63) is 29.1 Å². The Morgan fingerprint density at radius 2 is 2.12 bits per heavy atom. The fourth-order valence-corrected chi connectivity index (χ4v) is 2.59. The topological polar surface area (TPSA) is 63.2 Å². The highest BCUT2D eigenvalue weighted by Crippen LogP contribution is 2.28. The molecule has 1 amide bonds. The Labute approximate surface area is 95.8 Å². The zero-order chi connectivity index (χ0) is 11.9. The molecule has 0 saturated heterocycles. The number of amides is 1. The van der Waals surface area contributed by atoms with E-state index in [1.807, 2.05) is 0 Å². The lowest BCUT2D eigenvalue weighted by Gasteiger charge is -2.04. The van der Waals surface area contributed by atoms with Gasteiger partial charge in [0.25, 0.3) is 0 Å². The van der Waals surface area contributed by atoms with E-state index in [1.165, 1.54) is 6.07 Å². The van der Waals surface area contributed by atoms with E-state index in [1.54, 1.807) is 0 Å². The molecule has 4 nitrogen and oxygen atoms in total. The van der Waals surface area contributed by atoms with Crippen molar-refractivity contribution in [2.45, 2.75) is 12.2 Å². The number of halogens is 2. The van der Waals surface area contributed by atoms with Gasteiger partial charge in [-0.1, -0.05) is 6.07 Å². The number of carbonyl (C=O) groups is 1. The maximum absolute atomic E-state index is 13.4. The molecule has 0 radical (unpaired) electrons. The molecule has 0 aromatic heterocycles. The molecule has 1 aromatic carbocycles. The van der Waals surface area contributed by atoms with Crippen LogP contribution in [0.3, 0.4) is 0 Å². The molecular weight excluding hydrogens is 257 g/mol. The van der Waals surface area contributed by atoms with E-state index in [4.69, 9.17) is 10.7 Å².